The van der Waals surface area contributed by atoms with Gasteiger partial charge in [-0.25, -0.2) is 4.79 Å². The van der Waals surface area contributed by atoms with Gasteiger partial charge in [0, 0.05) is 28.3 Å². The number of hydrogen-bond donors (Lipinski definition) is 0. The van der Waals surface area contributed by atoms with Gasteiger partial charge in [0.15, 0.2) is 5.78 Å². The third-order valence-electron chi connectivity index (χ3n) is 6.47. The first kappa shape index (κ1) is 20.0. The maximum absolute atomic E-state index is 13.2. The van der Waals surface area contributed by atoms with Crippen LogP contribution >= 0.6 is 15.9 Å². The zero-order valence-electron chi connectivity index (χ0n) is 17.2. The smallest absolute Gasteiger partial charge is 0.343 e. The Morgan fingerprint density at radius 1 is 1.06 bits per heavy atom. The summed E-state index contributed by atoms with van der Waals surface area (Å²) in [4.78, 5) is 28.1. The van der Waals surface area contributed by atoms with Crippen LogP contribution in [-0.4, -0.2) is 18.3 Å². The number of hydrogen-bond acceptors (Lipinski definition) is 4. The van der Waals surface area contributed by atoms with Gasteiger partial charge in [-0.2, -0.15) is 0 Å². The first-order valence-electron chi connectivity index (χ1n) is 10.5. The average molecular weight is 476 g/mol. The van der Waals surface area contributed by atoms with Crippen molar-refractivity contribution in [2.24, 2.45) is 5.41 Å². The van der Waals surface area contributed by atoms with Gasteiger partial charge in [-0.3, -0.25) is 4.79 Å². The third kappa shape index (κ3) is 3.37. The molecule has 156 valence electrons. The minimum atomic E-state index is -0.438. The van der Waals surface area contributed by atoms with E-state index in [-0.39, 0.29) is 11.8 Å². The lowest BCUT2D eigenvalue weighted by molar-refractivity contribution is 0.0734. The quantitative estimate of drug-likeness (QED) is 0.333. The second-order valence-corrected chi connectivity index (χ2v) is 9.34. The van der Waals surface area contributed by atoms with Crippen molar-refractivity contribution >= 4 is 33.4 Å². The number of Topliss-reactive ketones (excluding diaryl/α,β-unsaturated/α-hetero) is 1. The van der Waals surface area contributed by atoms with Crippen molar-refractivity contribution in [2.75, 3.05) is 11.4 Å². The lowest BCUT2D eigenvalue weighted by Gasteiger charge is -2.45. The monoisotopic (exact) mass is 475 g/mol. The van der Waals surface area contributed by atoms with Crippen LogP contribution in [0.2, 0.25) is 0 Å². The molecule has 0 spiro atoms. The molecule has 0 saturated carbocycles. The van der Waals surface area contributed by atoms with Gasteiger partial charge in [0.2, 0.25) is 0 Å². The number of nitrogens with zero attached hydrogens (tertiary/aromatic N) is 1. The molecule has 0 unspecified atom stereocenters. The topological polar surface area (TPSA) is 46.6 Å². The van der Waals surface area contributed by atoms with E-state index in [0.717, 1.165) is 40.7 Å². The van der Waals surface area contributed by atoms with Crippen molar-refractivity contribution in [1.82, 2.24) is 0 Å². The van der Waals surface area contributed by atoms with Crippen LogP contribution in [0.15, 0.2) is 77.3 Å². The Hall–Kier alpha value is -2.92. The number of ketones is 1. The van der Waals surface area contributed by atoms with E-state index >= 15 is 0 Å². The fourth-order valence-electron chi connectivity index (χ4n) is 4.98. The van der Waals surface area contributed by atoms with Crippen LogP contribution < -0.4 is 9.64 Å². The highest BCUT2D eigenvalue weighted by atomic mass is 79.9. The van der Waals surface area contributed by atoms with E-state index in [0.29, 0.717) is 11.3 Å². The zero-order chi connectivity index (χ0) is 21.6. The fraction of sp³-hybridized carbons (Fsp3) is 0.231. The SMILES string of the molecule is C[C@]12CCCN(c3cccc(OC(=O)c4ccc(Br)cc4)c3)[C@H]1c1ccccc1C2=O. The summed E-state index contributed by atoms with van der Waals surface area (Å²) in [6.07, 6.45) is 1.82. The van der Waals surface area contributed by atoms with E-state index in [2.05, 4.69) is 33.8 Å². The number of ether oxygens (including phenoxy) is 1. The summed E-state index contributed by atoms with van der Waals surface area (Å²) in [6.45, 7) is 2.94. The van der Waals surface area contributed by atoms with Gasteiger partial charge in [0.1, 0.15) is 5.75 Å². The summed E-state index contributed by atoms with van der Waals surface area (Å²) < 4.78 is 6.56. The molecule has 0 N–H and O–H groups in total. The number of piperidine rings is 1. The molecule has 1 aliphatic carbocycles. The number of carbonyl (C=O) groups excluding carboxylic acids is 2. The molecule has 2 aliphatic rings. The van der Waals surface area contributed by atoms with Crippen molar-refractivity contribution < 1.29 is 14.3 Å². The standard InChI is InChI=1S/C26H22BrNO3/c1-26-14-5-15-28(23(26)21-8-2-3-9-22(21)24(26)29)19-6-4-7-20(16-19)31-25(30)17-10-12-18(27)13-11-17/h2-4,6-13,16,23H,5,14-15H2,1H3/t23-,26-/m0/s1. The van der Waals surface area contributed by atoms with Crippen LogP contribution in [0.3, 0.4) is 0 Å². The van der Waals surface area contributed by atoms with E-state index in [4.69, 9.17) is 4.74 Å². The Morgan fingerprint density at radius 3 is 2.65 bits per heavy atom. The molecule has 5 rings (SSSR count). The molecular formula is C26H22BrNO3. The number of esters is 1. The van der Waals surface area contributed by atoms with Gasteiger partial charge in [-0.05, 0) is 61.7 Å². The van der Waals surface area contributed by atoms with E-state index in [9.17, 15) is 9.59 Å². The number of fused-ring (bicyclic) bond motifs is 3. The maximum atomic E-state index is 13.2. The van der Waals surface area contributed by atoms with Crippen molar-refractivity contribution in [1.29, 1.82) is 0 Å². The summed E-state index contributed by atoms with van der Waals surface area (Å²) in [5.74, 6) is 0.334. The molecule has 0 aromatic heterocycles. The number of anilines is 1. The lowest BCUT2D eigenvalue weighted by Crippen LogP contribution is -2.45. The Balaban J connectivity index is 1.46. The van der Waals surface area contributed by atoms with Gasteiger partial charge in [0.25, 0.3) is 0 Å². The predicted octanol–water partition coefficient (Wildman–Crippen LogP) is 6.21. The van der Waals surface area contributed by atoms with Crippen molar-refractivity contribution in [3.05, 3.63) is 94.0 Å². The van der Waals surface area contributed by atoms with E-state index < -0.39 is 11.4 Å². The van der Waals surface area contributed by atoms with Gasteiger partial charge >= 0.3 is 5.97 Å². The molecule has 1 heterocycles. The summed E-state index contributed by atoms with van der Waals surface area (Å²) in [5, 5.41) is 0. The molecule has 1 aliphatic heterocycles. The van der Waals surface area contributed by atoms with E-state index in [1.807, 2.05) is 48.5 Å². The highest BCUT2D eigenvalue weighted by molar-refractivity contribution is 9.10. The molecule has 1 saturated heterocycles. The average Bonchev–Trinajstić information content (AvgIpc) is 3.02. The van der Waals surface area contributed by atoms with Gasteiger partial charge in [-0.1, -0.05) is 46.3 Å². The maximum Gasteiger partial charge on any atom is 0.343 e. The largest absolute Gasteiger partial charge is 0.423 e. The number of rotatable bonds is 3. The van der Waals surface area contributed by atoms with Crippen molar-refractivity contribution in [3.63, 3.8) is 0 Å². The number of benzene rings is 3. The molecule has 0 radical (unpaired) electrons. The summed E-state index contributed by atoms with van der Waals surface area (Å²) >= 11 is 3.38. The number of halogens is 1. The molecule has 3 aromatic rings. The Kier molecular flexibility index (Phi) is 4.94. The molecule has 5 heteroatoms. The van der Waals surface area contributed by atoms with E-state index in [1.54, 1.807) is 18.2 Å². The molecular weight excluding hydrogens is 454 g/mol. The van der Waals surface area contributed by atoms with E-state index in [1.165, 1.54) is 0 Å². The molecule has 3 aromatic carbocycles. The van der Waals surface area contributed by atoms with Crippen LogP contribution in [0, 0.1) is 5.41 Å². The van der Waals surface area contributed by atoms with Crippen LogP contribution in [0.25, 0.3) is 0 Å². The predicted molar refractivity (Wildman–Crippen MR) is 124 cm³/mol. The normalized spacial score (nSPS) is 22.1. The second kappa shape index (κ2) is 7.65. The van der Waals surface area contributed by atoms with Crippen molar-refractivity contribution in [2.45, 2.75) is 25.8 Å². The fourth-order valence-corrected chi connectivity index (χ4v) is 5.25. The Morgan fingerprint density at radius 2 is 1.84 bits per heavy atom. The molecule has 4 nitrogen and oxygen atoms in total. The van der Waals surface area contributed by atoms with Crippen LogP contribution in [0.5, 0.6) is 5.75 Å². The van der Waals surface area contributed by atoms with Crippen LogP contribution in [-0.2, 0) is 0 Å². The highest BCUT2D eigenvalue weighted by Crippen LogP contribution is 2.54. The Bertz CT molecular complexity index is 1170. The highest BCUT2D eigenvalue weighted by Gasteiger charge is 2.53. The molecule has 31 heavy (non-hydrogen) atoms. The summed E-state index contributed by atoms with van der Waals surface area (Å²) in [6, 6.07) is 22.6. The minimum Gasteiger partial charge on any atom is -0.423 e. The molecule has 1 fully saturated rings. The third-order valence-corrected chi connectivity index (χ3v) is 7.00. The van der Waals surface area contributed by atoms with Gasteiger partial charge in [0.05, 0.1) is 17.0 Å². The summed E-state index contributed by atoms with van der Waals surface area (Å²) in [5.41, 5.74) is 2.94. The van der Waals surface area contributed by atoms with Crippen LogP contribution in [0.1, 0.15) is 52.1 Å². The number of carbonyl (C=O) groups is 2. The first-order valence-corrected chi connectivity index (χ1v) is 11.2. The van der Waals surface area contributed by atoms with Crippen molar-refractivity contribution in [3.8, 4) is 5.75 Å². The second-order valence-electron chi connectivity index (χ2n) is 8.43. The minimum absolute atomic E-state index is 0.0117. The lowest BCUT2D eigenvalue weighted by atomic mass is 9.74. The first-order chi connectivity index (χ1) is 15.0. The van der Waals surface area contributed by atoms with Gasteiger partial charge in [-0.15, -0.1) is 0 Å². The Labute approximate surface area is 190 Å². The molecule has 2 atom stereocenters. The molecule has 0 amide bonds. The molecule has 0 bridgehead atoms. The van der Waals surface area contributed by atoms with Crippen LogP contribution in [0.4, 0.5) is 5.69 Å². The van der Waals surface area contributed by atoms with Gasteiger partial charge < -0.3 is 9.64 Å². The zero-order valence-corrected chi connectivity index (χ0v) is 18.8. The summed E-state index contributed by atoms with van der Waals surface area (Å²) in [7, 11) is 0.